The van der Waals surface area contributed by atoms with Gasteiger partial charge in [-0.25, -0.2) is 13.2 Å². The molecule has 104 valence electrons. The topological polar surface area (TPSA) is 68.0 Å². The van der Waals surface area contributed by atoms with Gasteiger partial charge in [0.1, 0.15) is 0 Å². The molecule has 1 aliphatic rings. The van der Waals surface area contributed by atoms with E-state index in [-0.39, 0.29) is 17.5 Å². The van der Waals surface area contributed by atoms with Gasteiger partial charge in [0.2, 0.25) is 5.89 Å². The molecular formula is C12H8F3N3O2. The third-order valence-electron chi connectivity index (χ3n) is 2.83. The van der Waals surface area contributed by atoms with E-state index in [2.05, 4.69) is 15.5 Å². The Morgan fingerprint density at radius 3 is 2.45 bits per heavy atom. The van der Waals surface area contributed by atoms with Crippen LogP contribution in [0.15, 0.2) is 16.5 Å². The molecule has 0 spiro atoms. The molecule has 0 aliphatic heterocycles. The summed E-state index contributed by atoms with van der Waals surface area (Å²) in [7, 11) is 0. The monoisotopic (exact) mass is 283 g/mol. The molecule has 0 saturated heterocycles. The molecule has 1 N–H and O–H groups in total. The van der Waals surface area contributed by atoms with Crippen LogP contribution in [0, 0.1) is 17.5 Å². The standard InChI is InChI=1S/C12H8F3N3O2/c13-7-3-6(4-8(14)9(7)15)10(19)16-12-18-17-11(20-12)5-1-2-5/h3-5H,1-2H2,(H,16,18,19). The molecule has 0 radical (unpaired) electrons. The highest BCUT2D eigenvalue weighted by molar-refractivity contribution is 6.03. The second kappa shape index (κ2) is 4.62. The zero-order chi connectivity index (χ0) is 14.3. The fourth-order valence-electron chi connectivity index (χ4n) is 1.64. The lowest BCUT2D eigenvalue weighted by Crippen LogP contribution is -2.13. The third-order valence-corrected chi connectivity index (χ3v) is 2.83. The number of hydrogen-bond donors (Lipinski definition) is 1. The zero-order valence-corrected chi connectivity index (χ0v) is 9.99. The highest BCUT2D eigenvalue weighted by Crippen LogP contribution is 2.39. The zero-order valence-electron chi connectivity index (χ0n) is 9.99. The van der Waals surface area contributed by atoms with Crippen LogP contribution < -0.4 is 5.32 Å². The van der Waals surface area contributed by atoms with E-state index < -0.39 is 23.4 Å². The van der Waals surface area contributed by atoms with Gasteiger partial charge in [-0.15, -0.1) is 5.10 Å². The predicted molar refractivity (Wildman–Crippen MR) is 60.5 cm³/mol. The van der Waals surface area contributed by atoms with Crippen LogP contribution in [0.1, 0.15) is 35.0 Å². The van der Waals surface area contributed by atoms with Gasteiger partial charge in [-0.1, -0.05) is 5.10 Å². The second-order valence-corrected chi connectivity index (χ2v) is 4.43. The fraction of sp³-hybridized carbons (Fsp3) is 0.250. The van der Waals surface area contributed by atoms with E-state index in [1.165, 1.54) is 0 Å². The van der Waals surface area contributed by atoms with Crippen molar-refractivity contribution in [2.45, 2.75) is 18.8 Å². The normalized spacial score (nSPS) is 14.3. The van der Waals surface area contributed by atoms with E-state index >= 15 is 0 Å². The lowest BCUT2D eigenvalue weighted by Gasteiger charge is -2.02. The number of carbonyl (C=O) groups is 1. The number of anilines is 1. The first-order chi connectivity index (χ1) is 9.54. The minimum atomic E-state index is -1.63. The summed E-state index contributed by atoms with van der Waals surface area (Å²) in [4.78, 5) is 11.7. The number of hydrogen-bond acceptors (Lipinski definition) is 4. The molecule has 2 aromatic rings. The van der Waals surface area contributed by atoms with E-state index in [9.17, 15) is 18.0 Å². The number of carbonyl (C=O) groups excluding carboxylic acids is 1. The second-order valence-electron chi connectivity index (χ2n) is 4.43. The summed E-state index contributed by atoms with van der Waals surface area (Å²) in [5.74, 6) is -4.76. The molecule has 0 bridgehead atoms. The van der Waals surface area contributed by atoms with Gasteiger partial charge in [0, 0.05) is 11.5 Å². The van der Waals surface area contributed by atoms with Crippen molar-refractivity contribution in [3.8, 4) is 0 Å². The molecule has 1 fully saturated rings. The minimum Gasteiger partial charge on any atom is -0.408 e. The number of rotatable bonds is 3. The predicted octanol–water partition coefficient (Wildman–Crippen LogP) is 2.62. The number of aromatic nitrogens is 2. The number of benzene rings is 1. The Kier molecular flexibility index (Phi) is 2.92. The molecule has 8 heteroatoms. The molecule has 5 nitrogen and oxygen atoms in total. The van der Waals surface area contributed by atoms with Crippen LogP contribution in [0.5, 0.6) is 0 Å². The lowest BCUT2D eigenvalue weighted by molar-refractivity contribution is 0.102. The minimum absolute atomic E-state index is 0.165. The summed E-state index contributed by atoms with van der Waals surface area (Å²) in [6, 6.07) is 1.01. The van der Waals surface area contributed by atoms with Crippen LogP contribution in [0.2, 0.25) is 0 Å². The van der Waals surface area contributed by atoms with Crippen LogP contribution in [-0.2, 0) is 0 Å². The maximum atomic E-state index is 13.0. The molecule has 1 aromatic carbocycles. The van der Waals surface area contributed by atoms with E-state index in [1.807, 2.05) is 0 Å². The first-order valence-electron chi connectivity index (χ1n) is 5.84. The van der Waals surface area contributed by atoms with Gasteiger partial charge < -0.3 is 4.42 Å². The van der Waals surface area contributed by atoms with E-state index in [4.69, 9.17) is 4.42 Å². The molecule has 1 amide bonds. The fourth-order valence-corrected chi connectivity index (χ4v) is 1.64. The SMILES string of the molecule is O=C(Nc1nnc(C2CC2)o1)c1cc(F)c(F)c(F)c1. The van der Waals surface area contributed by atoms with Gasteiger partial charge in [0.05, 0.1) is 0 Å². The van der Waals surface area contributed by atoms with E-state index in [0.29, 0.717) is 18.0 Å². The number of nitrogens with zero attached hydrogens (tertiary/aromatic N) is 2. The van der Waals surface area contributed by atoms with Crippen LogP contribution >= 0.6 is 0 Å². The summed E-state index contributed by atoms with van der Waals surface area (Å²) < 4.78 is 44.0. The summed E-state index contributed by atoms with van der Waals surface area (Å²) in [5.41, 5.74) is -0.382. The number of amides is 1. The molecule has 1 heterocycles. The summed E-state index contributed by atoms with van der Waals surface area (Å²) in [5, 5.41) is 9.53. The first kappa shape index (κ1) is 12.6. The van der Waals surface area contributed by atoms with Crippen LogP contribution in [0.4, 0.5) is 19.2 Å². The molecule has 1 saturated carbocycles. The Morgan fingerprint density at radius 2 is 1.85 bits per heavy atom. The average Bonchev–Trinajstić information content (AvgIpc) is 3.16. The highest BCUT2D eigenvalue weighted by Gasteiger charge is 2.29. The Bertz CT molecular complexity index is 659. The van der Waals surface area contributed by atoms with Crippen molar-refractivity contribution >= 4 is 11.9 Å². The summed E-state index contributed by atoms with van der Waals surface area (Å²) >= 11 is 0. The van der Waals surface area contributed by atoms with Crippen molar-refractivity contribution in [1.29, 1.82) is 0 Å². The van der Waals surface area contributed by atoms with Crippen molar-refractivity contribution < 1.29 is 22.4 Å². The van der Waals surface area contributed by atoms with Crippen molar-refractivity contribution in [2.75, 3.05) is 5.32 Å². The van der Waals surface area contributed by atoms with E-state index in [0.717, 1.165) is 12.8 Å². The molecular weight excluding hydrogens is 275 g/mol. The molecule has 0 unspecified atom stereocenters. The Morgan fingerprint density at radius 1 is 1.20 bits per heavy atom. The van der Waals surface area contributed by atoms with Crippen LogP contribution in [0.3, 0.4) is 0 Å². The average molecular weight is 283 g/mol. The van der Waals surface area contributed by atoms with Crippen LogP contribution in [-0.4, -0.2) is 16.1 Å². The summed E-state index contributed by atoms with van der Waals surface area (Å²) in [6.07, 6.45) is 1.90. The van der Waals surface area contributed by atoms with Gasteiger partial charge in [-0.05, 0) is 25.0 Å². The van der Waals surface area contributed by atoms with Gasteiger partial charge in [-0.2, -0.15) is 0 Å². The quantitative estimate of drug-likeness (QED) is 0.879. The Hall–Kier alpha value is -2.38. The summed E-state index contributed by atoms with van der Waals surface area (Å²) in [6.45, 7) is 0. The van der Waals surface area contributed by atoms with Gasteiger partial charge in [-0.3, -0.25) is 10.1 Å². The molecule has 20 heavy (non-hydrogen) atoms. The van der Waals surface area contributed by atoms with E-state index in [1.54, 1.807) is 0 Å². The van der Waals surface area contributed by atoms with Crippen molar-refractivity contribution in [3.05, 3.63) is 41.0 Å². The Labute approximate surface area is 110 Å². The molecule has 3 rings (SSSR count). The van der Waals surface area contributed by atoms with Crippen molar-refractivity contribution in [2.24, 2.45) is 0 Å². The largest absolute Gasteiger partial charge is 0.408 e. The first-order valence-corrected chi connectivity index (χ1v) is 5.84. The maximum Gasteiger partial charge on any atom is 0.322 e. The van der Waals surface area contributed by atoms with Gasteiger partial charge >= 0.3 is 6.01 Å². The lowest BCUT2D eigenvalue weighted by atomic mass is 10.2. The smallest absolute Gasteiger partial charge is 0.322 e. The molecule has 1 aromatic heterocycles. The third kappa shape index (κ3) is 2.36. The maximum absolute atomic E-state index is 13.0. The van der Waals surface area contributed by atoms with Gasteiger partial charge in [0.25, 0.3) is 5.91 Å². The highest BCUT2D eigenvalue weighted by atomic mass is 19.2. The van der Waals surface area contributed by atoms with Crippen LogP contribution in [0.25, 0.3) is 0 Å². The van der Waals surface area contributed by atoms with Gasteiger partial charge in [0.15, 0.2) is 17.5 Å². The number of nitrogens with one attached hydrogen (secondary N) is 1. The molecule has 0 atom stereocenters. The van der Waals surface area contributed by atoms with Crippen molar-refractivity contribution in [3.63, 3.8) is 0 Å². The van der Waals surface area contributed by atoms with Crippen molar-refractivity contribution in [1.82, 2.24) is 10.2 Å². The number of halogens is 3. The molecule has 1 aliphatic carbocycles. The Balaban J connectivity index is 1.78.